The molecule has 0 aromatic heterocycles. The lowest BCUT2D eigenvalue weighted by Gasteiger charge is -2.21. The average molecular weight is 277 g/mol. The van der Waals surface area contributed by atoms with E-state index in [-0.39, 0.29) is 0 Å². The number of rotatable bonds is 7. The highest BCUT2D eigenvalue weighted by molar-refractivity contribution is 8.00. The van der Waals surface area contributed by atoms with Crippen LogP contribution in [0, 0.1) is 12.8 Å². The minimum atomic E-state index is 0.291. The fourth-order valence-corrected chi connectivity index (χ4v) is 2.87. The van der Waals surface area contributed by atoms with Gasteiger partial charge in [0.1, 0.15) is 0 Å². The van der Waals surface area contributed by atoms with Crippen LogP contribution in [0.15, 0.2) is 29.2 Å². The number of aryl methyl sites for hydroxylation is 1. The molecule has 3 heteroatoms. The molecule has 1 amide bonds. The molecule has 1 saturated carbocycles. The minimum Gasteiger partial charge on any atom is -0.342 e. The van der Waals surface area contributed by atoms with Crippen molar-refractivity contribution < 1.29 is 4.79 Å². The molecule has 0 aliphatic heterocycles. The number of carbonyl (C=O) groups excluding carboxylic acids is 1. The van der Waals surface area contributed by atoms with Gasteiger partial charge in [-0.2, -0.15) is 0 Å². The van der Waals surface area contributed by atoms with Gasteiger partial charge < -0.3 is 4.90 Å². The van der Waals surface area contributed by atoms with Gasteiger partial charge in [-0.05, 0) is 44.2 Å². The van der Waals surface area contributed by atoms with Gasteiger partial charge in [-0.25, -0.2) is 0 Å². The first kappa shape index (κ1) is 14.4. The lowest BCUT2D eigenvalue weighted by molar-refractivity contribution is -0.128. The topological polar surface area (TPSA) is 20.3 Å². The van der Waals surface area contributed by atoms with Crippen LogP contribution in [0.25, 0.3) is 0 Å². The molecule has 19 heavy (non-hydrogen) atoms. The Bertz CT molecular complexity index is 411. The number of benzene rings is 1. The molecule has 0 bridgehead atoms. The van der Waals surface area contributed by atoms with Crippen molar-refractivity contribution in [1.82, 2.24) is 4.90 Å². The van der Waals surface area contributed by atoms with E-state index in [1.807, 2.05) is 0 Å². The van der Waals surface area contributed by atoms with E-state index in [1.54, 1.807) is 11.8 Å². The zero-order chi connectivity index (χ0) is 13.7. The van der Waals surface area contributed by atoms with E-state index in [2.05, 4.69) is 43.0 Å². The van der Waals surface area contributed by atoms with Crippen molar-refractivity contribution >= 4 is 17.7 Å². The molecule has 0 heterocycles. The van der Waals surface area contributed by atoms with Gasteiger partial charge in [0.05, 0.1) is 5.75 Å². The van der Waals surface area contributed by atoms with E-state index < -0.39 is 0 Å². The highest BCUT2D eigenvalue weighted by Gasteiger charge is 2.26. The van der Waals surface area contributed by atoms with Gasteiger partial charge in [0.2, 0.25) is 5.91 Å². The predicted molar refractivity (Wildman–Crippen MR) is 81.5 cm³/mol. The van der Waals surface area contributed by atoms with E-state index in [0.717, 1.165) is 25.4 Å². The van der Waals surface area contributed by atoms with E-state index >= 15 is 0 Å². The van der Waals surface area contributed by atoms with Gasteiger partial charge in [0.25, 0.3) is 0 Å². The van der Waals surface area contributed by atoms with Crippen molar-refractivity contribution in [2.75, 3.05) is 18.8 Å². The highest BCUT2D eigenvalue weighted by atomic mass is 32.2. The summed E-state index contributed by atoms with van der Waals surface area (Å²) in [6.45, 7) is 6.10. The van der Waals surface area contributed by atoms with Crippen LogP contribution in [0.5, 0.6) is 0 Å². The van der Waals surface area contributed by atoms with E-state index in [1.165, 1.54) is 23.3 Å². The van der Waals surface area contributed by atoms with Crippen LogP contribution in [0.4, 0.5) is 0 Å². The molecule has 1 aliphatic rings. The maximum atomic E-state index is 12.2. The monoisotopic (exact) mass is 277 g/mol. The third-order valence-corrected chi connectivity index (χ3v) is 4.40. The molecular formula is C16H23NOS. The van der Waals surface area contributed by atoms with Crippen molar-refractivity contribution in [3.63, 3.8) is 0 Å². The second-order valence-corrected chi connectivity index (χ2v) is 6.43. The lowest BCUT2D eigenvalue weighted by atomic mass is 10.2. The maximum Gasteiger partial charge on any atom is 0.232 e. The molecule has 1 aromatic rings. The Morgan fingerprint density at radius 2 is 2.00 bits per heavy atom. The van der Waals surface area contributed by atoms with Crippen molar-refractivity contribution in [1.29, 1.82) is 0 Å². The molecule has 0 saturated heterocycles. The Kier molecular flexibility index (Phi) is 5.32. The van der Waals surface area contributed by atoms with E-state index in [4.69, 9.17) is 0 Å². The fraction of sp³-hybridized carbons (Fsp3) is 0.562. The molecule has 2 nitrogen and oxygen atoms in total. The van der Waals surface area contributed by atoms with Gasteiger partial charge in [0, 0.05) is 18.0 Å². The molecule has 1 aromatic carbocycles. The van der Waals surface area contributed by atoms with E-state index in [0.29, 0.717) is 11.7 Å². The third kappa shape index (κ3) is 4.90. The van der Waals surface area contributed by atoms with Crippen LogP contribution in [-0.2, 0) is 4.79 Å². The summed E-state index contributed by atoms with van der Waals surface area (Å²) in [5.41, 5.74) is 1.26. The zero-order valence-electron chi connectivity index (χ0n) is 11.9. The van der Waals surface area contributed by atoms with Gasteiger partial charge >= 0.3 is 0 Å². The van der Waals surface area contributed by atoms with Crippen molar-refractivity contribution in [3.05, 3.63) is 29.8 Å². The summed E-state index contributed by atoms with van der Waals surface area (Å²) in [6, 6.07) is 8.39. The normalized spacial score (nSPS) is 14.4. The Balaban J connectivity index is 1.82. The molecule has 0 atom stereocenters. The summed E-state index contributed by atoms with van der Waals surface area (Å²) in [5, 5.41) is 0. The largest absolute Gasteiger partial charge is 0.342 e. The number of hydrogen-bond donors (Lipinski definition) is 0. The van der Waals surface area contributed by atoms with Crippen LogP contribution in [0.1, 0.15) is 31.7 Å². The Morgan fingerprint density at radius 1 is 1.32 bits per heavy atom. The average Bonchev–Trinajstić information content (AvgIpc) is 3.21. The number of nitrogens with zero attached hydrogens (tertiary/aromatic N) is 1. The molecule has 2 rings (SSSR count). The number of thioether (sulfide) groups is 1. The highest BCUT2D eigenvalue weighted by Crippen LogP contribution is 2.30. The van der Waals surface area contributed by atoms with Gasteiger partial charge in [0.15, 0.2) is 0 Å². The van der Waals surface area contributed by atoms with Gasteiger partial charge in [-0.1, -0.05) is 24.6 Å². The third-order valence-electron chi connectivity index (χ3n) is 3.41. The fourth-order valence-electron chi connectivity index (χ4n) is 2.07. The summed E-state index contributed by atoms with van der Waals surface area (Å²) < 4.78 is 0. The van der Waals surface area contributed by atoms with Crippen molar-refractivity contribution in [3.8, 4) is 0 Å². The van der Waals surface area contributed by atoms with Gasteiger partial charge in [-0.3, -0.25) is 4.79 Å². The number of hydrogen-bond acceptors (Lipinski definition) is 2. The van der Waals surface area contributed by atoms with Crippen LogP contribution in [0.3, 0.4) is 0 Å². The SMILES string of the molecule is CCCN(CC1CC1)C(=O)CSc1ccc(C)cc1. The Hall–Kier alpha value is -0.960. The summed E-state index contributed by atoms with van der Waals surface area (Å²) in [5.74, 6) is 1.63. The van der Waals surface area contributed by atoms with Crippen LogP contribution >= 0.6 is 11.8 Å². The van der Waals surface area contributed by atoms with Crippen molar-refractivity contribution in [2.24, 2.45) is 5.92 Å². The number of amides is 1. The van der Waals surface area contributed by atoms with Gasteiger partial charge in [-0.15, -0.1) is 11.8 Å². The summed E-state index contributed by atoms with van der Waals surface area (Å²) in [6.07, 6.45) is 3.66. The zero-order valence-corrected chi connectivity index (χ0v) is 12.7. The smallest absolute Gasteiger partial charge is 0.232 e. The first-order valence-corrected chi connectivity index (χ1v) is 8.15. The molecule has 0 unspecified atom stereocenters. The summed E-state index contributed by atoms with van der Waals surface area (Å²) in [4.78, 5) is 15.5. The Labute approximate surface area is 120 Å². The first-order valence-electron chi connectivity index (χ1n) is 7.16. The summed E-state index contributed by atoms with van der Waals surface area (Å²) >= 11 is 1.65. The molecular weight excluding hydrogens is 254 g/mol. The molecule has 104 valence electrons. The lowest BCUT2D eigenvalue weighted by Crippen LogP contribution is -2.34. The van der Waals surface area contributed by atoms with Crippen LogP contribution < -0.4 is 0 Å². The summed E-state index contributed by atoms with van der Waals surface area (Å²) in [7, 11) is 0. The molecule has 1 aliphatic carbocycles. The molecule has 0 spiro atoms. The minimum absolute atomic E-state index is 0.291. The predicted octanol–water partition coefficient (Wildman–Crippen LogP) is 3.74. The molecule has 1 fully saturated rings. The van der Waals surface area contributed by atoms with Crippen LogP contribution in [-0.4, -0.2) is 29.6 Å². The second kappa shape index (κ2) is 6.99. The molecule has 0 radical (unpaired) electrons. The standard InChI is InChI=1S/C16H23NOS/c1-3-10-17(11-14-6-7-14)16(18)12-19-15-8-4-13(2)5-9-15/h4-5,8-9,14H,3,6-7,10-12H2,1-2H3. The van der Waals surface area contributed by atoms with E-state index in [9.17, 15) is 4.79 Å². The first-order chi connectivity index (χ1) is 9.19. The maximum absolute atomic E-state index is 12.2. The quantitative estimate of drug-likeness (QED) is 0.708. The Morgan fingerprint density at radius 3 is 2.58 bits per heavy atom. The van der Waals surface area contributed by atoms with Crippen LogP contribution in [0.2, 0.25) is 0 Å². The second-order valence-electron chi connectivity index (χ2n) is 5.38. The van der Waals surface area contributed by atoms with Crippen molar-refractivity contribution in [2.45, 2.75) is 38.0 Å². The number of carbonyl (C=O) groups is 1. The molecule has 0 N–H and O–H groups in total.